The Labute approximate surface area is 289 Å². The summed E-state index contributed by atoms with van der Waals surface area (Å²) in [7, 11) is 1.39. The molecule has 0 N–H and O–H groups in total. The molecule has 0 radical (unpaired) electrons. The second-order valence-corrected chi connectivity index (χ2v) is 14.6. The zero-order valence-corrected chi connectivity index (χ0v) is 29.5. The van der Waals surface area contributed by atoms with Crippen molar-refractivity contribution in [1.82, 2.24) is 14.5 Å². The maximum absolute atomic E-state index is 13.6. The Morgan fingerprint density at radius 3 is 1.63 bits per heavy atom. The van der Waals surface area contributed by atoms with Crippen LogP contribution in [0.3, 0.4) is 0 Å². The predicted octanol–water partition coefficient (Wildman–Crippen LogP) is 8.11. The molecule has 2 amide bonds. The van der Waals surface area contributed by atoms with Crippen LogP contribution in [0.25, 0.3) is 0 Å². The van der Waals surface area contributed by atoms with Crippen molar-refractivity contribution < 1.29 is 28.6 Å². The van der Waals surface area contributed by atoms with Gasteiger partial charge >= 0.3 is 18.2 Å². The first-order valence-electron chi connectivity index (χ1n) is 16.8. The van der Waals surface area contributed by atoms with Crippen LogP contribution < -0.4 is 0 Å². The number of carbonyl (C=O) groups is 3. The first-order chi connectivity index (χ1) is 23.2. The van der Waals surface area contributed by atoms with Crippen LogP contribution in [0.1, 0.15) is 83.2 Å². The molecule has 1 fully saturated rings. The molecule has 0 saturated heterocycles. The van der Waals surface area contributed by atoms with Gasteiger partial charge in [-0.2, -0.15) is 0 Å². The molecule has 1 aromatic heterocycles. The summed E-state index contributed by atoms with van der Waals surface area (Å²) in [5, 5.41) is 0. The molecule has 4 aromatic rings. The van der Waals surface area contributed by atoms with Gasteiger partial charge in [-0.25, -0.2) is 19.5 Å². The molecule has 9 nitrogen and oxygen atoms in total. The highest BCUT2D eigenvalue weighted by Gasteiger charge is 2.63. The number of imidazole rings is 1. The van der Waals surface area contributed by atoms with E-state index >= 15 is 0 Å². The molecule has 0 aliphatic heterocycles. The molecule has 0 bridgehead atoms. The van der Waals surface area contributed by atoms with Gasteiger partial charge in [0.25, 0.3) is 0 Å². The molecule has 1 aliphatic rings. The van der Waals surface area contributed by atoms with Crippen molar-refractivity contribution in [2.24, 2.45) is 5.92 Å². The van der Waals surface area contributed by atoms with Crippen LogP contribution in [0.4, 0.5) is 9.59 Å². The van der Waals surface area contributed by atoms with E-state index in [1.54, 1.807) is 47.9 Å². The van der Waals surface area contributed by atoms with E-state index in [0.717, 1.165) is 21.6 Å². The van der Waals surface area contributed by atoms with Crippen LogP contribution in [-0.4, -0.2) is 57.5 Å². The lowest BCUT2D eigenvalue weighted by Gasteiger charge is -2.37. The molecule has 9 heteroatoms. The molecule has 49 heavy (non-hydrogen) atoms. The molecule has 258 valence electrons. The molecule has 1 aliphatic carbocycles. The Bertz CT molecular complexity index is 1620. The Balaban J connectivity index is 1.47. The minimum absolute atomic E-state index is 0.0746. The smallest absolute Gasteiger partial charge is 0.419 e. The SMILES string of the molecule is COC(=O)C1(c2cn(C(c3ccccc3)(c3ccccc3)c3ccccc3)cn2)CC1CCCN(C(=O)OC(C)(C)C)C(=O)OC(C)(C)C. The summed E-state index contributed by atoms with van der Waals surface area (Å²) in [5.41, 5.74) is 0.423. The van der Waals surface area contributed by atoms with Crippen molar-refractivity contribution >= 4 is 18.2 Å². The molecular weight excluding hydrogens is 618 g/mol. The van der Waals surface area contributed by atoms with Gasteiger partial charge in [0.1, 0.15) is 22.2 Å². The summed E-state index contributed by atoms with van der Waals surface area (Å²) in [6, 6.07) is 30.8. The van der Waals surface area contributed by atoms with E-state index in [-0.39, 0.29) is 18.4 Å². The normalized spacial score (nSPS) is 17.6. The number of benzene rings is 3. The van der Waals surface area contributed by atoms with E-state index in [2.05, 4.69) is 41.0 Å². The second kappa shape index (κ2) is 13.9. The third kappa shape index (κ3) is 7.41. The van der Waals surface area contributed by atoms with E-state index in [4.69, 9.17) is 19.2 Å². The number of hydrogen-bond donors (Lipinski definition) is 0. The van der Waals surface area contributed by atoms with Crippen LogP contribution in [0.5, 0.6) is 0 Å². The molecule has 2 atom stereocenters. The molecule has 5 rings (SSSR count). The lowest BCUT2D eigenvalue weighted by atomic mass is 9.76. The highest BCUT2D eigenvalue weighted by molar-refractivity contribution is 5.88. The standard InChI is InChI=1S/C40H47N3O6/c1-37(2,3)48-35(45)43(36(46)49-38(4,5)6)25-17-24-32-26-39(32,34(44)47-7)33-27-42(28-41-33)40(29-18-11-8-12-19-29,30-20-13-9-14-21-30)31-22-15-10-16-23-31/h8-16,18-23,27-28,32H,17,24-26H2,1-7H3. The highest BCUT2D eigenvalue weighted by Crippen LogP contribution is 2.57. The number of carbonyl (C=O) groups excluding carboxylic acids is 3. The molecule has 1 saturated carbocycles. The average molecular weight is 666 g/mol. The van der Waals surface area contributed by atoms with Gasteiger partial charge in [-0.1, -0.05) is 91.0 Å². The summed E-state index contributed by atoms with van der Waals surface area (Å²) in [6.45, 7) is 10.5. The number of nitrogens with zero attached hydrogens (tertiary/aromatic N) is 3. The molecule has 0 spiro atoms. The van der Waals surface area contributed by atoms with Crippen LogP contribution in [-0.2, 0) is 30.0 Å². The third-order valence-corrected chi connectivity index (χ3v) is 8.82. The van der Waals surface area contributed by atoms with Crippen molar-refractivity contribution in [3.05, 3.63) is 126 Å². The Morgan fingerprint density at radius 1 is 0.776 bits per heavy atom. The summed E-state index contributed by atoms with van der Waals surface area (Å²) in [4.78, 5) is 45.6. The number of ether oxygens (including phenoxy) is 3. The van der Waals surface area contributed by atoms with Gasteiger partial charge in [0.2, 0.25) is 0 Å². The van der Waals surface area contributed by atoms with E-state index in [1.807, 2.05) is 60.8 Å². The van der Waals surface area contributed by atoms with Crippen LogP contribution in [0.15, 0.2) is 104 Å². The van der Waals surface area contributed by atoms with Gasteiger partial charge in [0, 0.05) is 12.7 Å². The Morgan fingerprint density at radius 2 is 1.22 bits per heavy atom. The van der Waals surface area contributed by atoms with Crippen LogP contribution in [0, 0.1) is 5.92 Å². The van der Waals surface area contributed by atoms with Gasteiger partial charge < -0.3 is 18.8 Å². The minimum Gasteiger partial charge on any atom is -0.468 e. The zero-order valence-electron chi connectivity index (χ0n) is 29.5. The lowest BCUT2D eigenvalue weighted by molar-refractivity contribution is -0.144. The van der Waals surface area contributed by atoms with E-state index in [9.17, 15) is 14.4 Å². The lowest BCUT2D eigenvalue weighted by Crippen LogP contribution is -2.44. The number of imide groups is 1. The number of aromatic nitrogens is 2. The zero-order chi connectivity index (χ0) is 35.5. The van der Waals surface area contributed by atoms with Crippen molar-refractivity contribution in [1.29, 1.82) is 0 Å². The second-order valence-electron chi connectivity index (χ2n) is 14.6. The van der Waals surface area contributed by atoms with Crippen molar-refractivity contribution in [2.45, 2.75) is 83.0 Å². The number of esters is 1. The van der Waals surface area contributed by atoms with E-state index in [0.29, 0.717) is 25.0 Å². The number of hydrogen-bond acceptors (Lipinski definition) is 7. The Kier molecular flexibility index (Phi) is 10.0. The van der Waals surface area contributed by atoms with Crippen LogP contribution >= 0.6 is 0 Å². The topological polar surface area (TPSA) is 100.0 Å². The van der Waals surface area contributed by atoms with Crippen molar-refractivity contribution in [3.8, 4) is 0 Å². The number of rotatable bonds is 10. The fourth-order valence-corrected chi connectivity index (χ4v) is 6.64. The van der Waals surface area contributed by atoms with E-state index in [1.165, 1.54) is 7.11 Å². The van der Waals surface area contributed by atoms with Gasteiger partial charge in [0.05, 0.1) is 19.1 Å². The maximum Gasteiger partial charge on any atom is 0.419 e. The largest absolute Gasteiger partial charge is 0.468 e. The highest BCUT2D eigenvalue weighted by atomic mass is 16.6. The van der Waals surface area contributed by atoms with Gasteiger partial charge in [-0.3, -0.25) is 4.79 Å². The molecule has 2 unspecified atom stereocenters. The van der Waals surface area contributed by atoms with Gasteiger partial charge in [0.15, 0.2) is 0 Å². The summed E-state index contributed by atoms with van der Waals surface area (Å²) >= 11 is 0. The molecule has 1 heterocycles. The summed E-state index contributed by atoms with van der Waals surface area (Å²) < 4.78 is 18.5. The van der Waals surface area contributed by atoms with Gasteiger partial charge in [-0.15, -0.1) is 0 Å². The molecular formula is C40H47N3O6. The average Bonchev–Trinajstić information content (AvgIpc) is 3.58. The first-order valence-corrected chi connectivity index (χ1v) is 16.8. The fourth-order valence-electron chi connectivity index (χ4n) is 6.64. The minimum atomic E-state index is -0.960. The van der Waals surface area contributed by atoms with Gasteiger partial charge in [-0.05, 0) is 83.4 Å². The summed E-state index contributed by atoms with van der Waals surface area (Å²) in [6.07, 6.45) is 3.75. The molecule has 3 aromatic carbocycles. The van der Waals surface area contributed by atoms with E-state index < -0.39 is 34.3 Å². The number of amides is 2. The maximum atomic E-state index is 13.6. The third-order valence-electron chi connectivity index (χ3n) is 8.82. The summed E-state index contributed by atoms with van der Waals surface area (Å²) in [5.74, 6) is -0.467. The monoisotopic (exact) mass is 665 g/mol. The predicted molar refractivity (Wildman–Crippen MR) is 187 cm³/mol. The van der Waals surface area contributed by atoms with Crippen molar-refractivity contribution in [3.63, 3.8) is 0 Å². The fraction of sp³-hybridized carbons (Fsp3) is 0.400. The van der Waals surface area contributed by atoms with Crippen molar-refractivity contribution in [2.75, 3.05) is 13.7 Å². The van der Waals surface area contributed by atoms with Crippen LogP contribution in [0.2, 0.25) is 0 Å². The first kappa shape index (κ1) is 35.4. The number of methoxy groups -OCH3 is 1. The quantitative estimate of drug-likeness (QED) is 0.0959. The Hall–Kier alpha value is -4.92.